The van der Waals surface area contributed by atoms with Crippen LogP contribution in [0.4, 0.5) is 22.7 Å². The van der Waals surface area contributed by atoms with Gasteiger partial charge in [-0.2, -0.15) is 10.2 Å². The second-order valence-corrected chi connectivity index (χ2v) is 7.73. The number of hydrazone groups is 1. The van der Waals surface area contributed by atoms with Gasteiger partial charge in [-0.25, -0.2) is 22.5 Å². The van der Waals surface area contributed by atoms with Crippen LogP contribution in [0.5, 0.6) is 5.75 Å². The molecule has 0 aliphatic rings. The number of benzene rings is 1. The Morgan fingerprint density at radius 2 is 2.07 bits per heavy atom. The van der Waals surface area contributed by atoms with Gasteiger partial charge in [-0.1, -0.05) is 0 Å². The number of ether oxygens (including phenoxy) is 1. The SMILES string of the molecule is COc1ccc(C=NNc2nc(C)cs2)cc1Cn1nc(C(F)F)c(Br)c1C(F)F. The summed E-state index contributed by atoms with van der Waals surface area (Å²) >= 11 is 4.22. The number of rotatable bonds is 8. The molecular weight excluding hydrogens is 490 g/mol. The third-order valence-electron chi connectivity index (χ3n) is 3.99. The third kappa shape index (κ3) is 4.98. The molecule has 3 aromatic rings. The smallest absolute Gasteiger partial charge is 0.283 e. The Balaban J connectivity index is 1.88. The molecule has 0 spiro atoms. The normalized spacial score (nSPS) is 11.8. The van der Waals surface area contributed by atoms with Gasteiger partial charge >= 0.3 is 0 Å². The van der Waals surface area contributed by atoms with E-state index in [9.17, 15) is 17.6 Å². The molecule has 0 radical (unpaired) electrons. The highest BCUT2D eigenvalue weighted by atomic mass is 79.9. The van der Waals surface area contributed by atoms with Gasteiger partial charge in [0.15, 0.2) is 0 Å². The minimum atomic E-state index is -2.99. The molecule has 0 aliphatic heterocycles. The highest BCUT2D eigenvalue weighted by molar-refractivity contribution is 9.10. The highest BCUT2D eigenvalue weighted by Gasteiger charge is 2.28. The number of hydrogen-bond acceptors (Lipinski definition) is 6. The molecule has 0 fully saturated rings. The first kappa shape index (κ1) is 22.2. The van der Waals surface area contributed by atoms with Crippen LogP contribution in [0.25, 0.3) is 0 Å². The summed E-state index contributed by atoms with van der Waals surface area (Å²) in [5.74, 6) is 0.404. The van der Waals surface area contributed by atoms with Crippen molar-refractivity contribution in [3.63, 3.8) is 0 Å². The number of aromatic nitrogens is 3. The number of anilines is 1. The van der Waals surface area contributed by atoms with Crippen molar-refractivity contribution in [2.24, 2.45) is 5.10 Å². The molecule has 2 heterocycles. The van der Waals surface area contributed by atoms with Gasteiger partial charge in [0.1, 0.15) is 17.1 Å². The molecule has 0 amide bonds. The summed E-state index contributed by atoms with van der Waals surface area (Å²) < 4.78 is 58.9. The summed E-state index contributed by atoms with van der Waals surface area (Å²) in [6.45, 7) is 1.68. The monoisotopic (exact) mass is 505 g/mol. The standard InChI is InChI=1S/C18H16BrF4N5OS/c1-9-8-30-18(25-9)26-24-6-10-3-4-12(29-2)11(5-10)7-28-15(17(22)23)13(19)14(27-28)16(20)21/h3-6,8,16-17H,7H2,1-2H3,(H,25,26). The first-order valence-electron chi connectivity index (χ1n) is 8.50. The van der Waals surface area contributed by atoms with Crippen LogP contribution in [0, 0.1) is 6.92 Å². The lowest BCUT2D eigenvalue weighted by molar-refractivity contribution is 0.139. The summed E-state index contributed by atoms with van der Waals surface area (Å²) in [4.78, 5) is 4.22. The molecule has 0 aliphatic carbocycles. The zero-order valence-corrected chi connectivity index (χ0v) is 18.1. The zero-order valence-electron chi connectivity index (χ0n) is 15.7. The third-order valence-corrected chi connectivity index (χ3v) is 5.66. The minimum Gasteiger partial charge on any atom is -0.496 e. The van der Waals surface area contributed by atoms with Crippen molar-refractivity contribution in [3.05, 3.63) is 56.3 Å². The largest absolute Gasteiger partial charge is 0.496 e. The topological polar surface area (TPSA) is 64.3 Å². The fourth-order valence-corrected chi connectivity index (χ4v) is 3.94. The molecule has 1 aromatic carbocycles. The van der Waals surface area contributed by atoms with Crippen LogP contribution in [-0.2, 0) is 6.54 Å². The molecule has 12 heteroatoms. The maximum Gasteiger partial charge on any atom is 0.283 e. The van der Waals surface area contributed by atoms with E-state index in [1.54, 1.807) is 18.2 Å². The molecule has 30 heavy (non-hydrogen) atoms. The van der Waals surface area contributed by atoms with Gasteiger partial charge in [-0.3, -0.25) is 10.1 Å². The van der Waals surface area contributed by atoms with Gasteiger partial charge in [0, 0.05) is 10.9 Å². The first-order valence-corrected chi connectivity index (χ1v) is 10.2. The fraction of sp³-hybridized carbons (Fsp3) is 0.278. The summed E-state index contributed by atoms with van der Waals surface area (Å²) in [7, 11) is 1.43. The number of alkyl halides is 4. The molecule has 0 unspecified atom stereocenters. The maximum absolute atomic E-state index is 13.5. The maximum atomic E-state index is 13.5. The predicted molar refractivity (Wildman–Crippen MR) is 110 cm³/mol. The van der Waals surface area contributed by atoms with Gasteiger partial charge in [0.05, 0.1) is 30.0 Å². The van der Waals surface area contributed by atoms with E-state index in [1.165, 1.54) is 24.7 Å². The summed E-state index contributed by atoms with van der Waals surface area (Å²) in [5, 5.41) is 10.3. The van der Waals surface area contributed by atoms with Crippen LogP contribution in [0.1, 0.15) is 41.1 Å². The Hall–Kier alpha value is -2.47. The van der Waals surface area contributed by atoms with E-state index in [0.717, 1.165) is 10.4 Å². The van der Waals surface area contributed by atoms with Crippen LogP contribution in [0.15, 0.2) is 33.2 Å². The van der Waals surface area contributed by atoms with Crippen LogP contribution in [-0.4, -0.2) is 28.1 Å². The van der Waals surface area contributed by atoms with E-state index in [-0.39, 0.29) is 6.54 Å². The van der Waals surface area contributed by atoms with Gasteiger partial charge in [-0.15, -0.1) is 11.3 Å². The van der Waals surface area contributed by atoms with Crippen LogP contribution < -0.4 is 10.2 Å². The van der Waals surface area contributed by atoms with E-state index in [4.69, 9.17) is 4.74 Å². The van der Waals surface area contributed by atoms with E-state index in [0.29, 0.717) is 22.0 Å². The average molecular weight is 506 g/mol. The molecule has 160 valence electrons. The lowest BCUT2D eigenvalue weighted by Crippen LogP contribution is -2.09. The number of nitrogens with zero attached hydrogens (tertiary/aromatic N) is 4. The van der Waals surface area contributed by atoms with Gasteiger partial charge < -0.3 is 4.74 Å². The predicted octanol–water partition coefficient (Wildman–Crippen LogP) is 5.79. The Morgan fingerprint density at radius 1 is 1.30 bits per heavy atom. The van der Waals surface area contributed by atoms with Gasteiger partial charge in [-0.05, 0) is 46.6 Å². The molecule has 6 nitrogen and oxygen atoms in total. The summed E-state index contributed by atoms with van der Waals surface area (Å²) in [6.07, 6.45) is -4.45. The van der Waals surface area contributed by atoms with Crippen molar-refractivity contribution in [2.75, 3.05) is 12.5 Å². The van der Waals surface area contributed by atoms with E-state index in [1.807, 2.05) is 12.3 Å². The Bertz CT molecular complexity index is 1050. The lowest BCUT2D eigenvalue weighted by atomic mass is 10.1. The number of hydrogen-bond donors (Lipinski definition) is 1. The Labute approximate surface area is 181 Å². The number of nitrogens with one attached hydrogen (secondary N) is 1. The van der Waals surface area contributed by atoms with Crippen molar-refractivity contribution in [1.82, 2.24) is 14.8 Å². The van der Waals surface area contributed by atoms with Crippen molar-refractivity contribution < 1.29 is 22.3 Å². The van der Waals surface area contributed by atoms with Crippen LogP contribution in [0.2, 0.25) is 0 Å². The Kier molecular flexibility index (Phi) is 7.08. The molecule has 3 rings (SSSR count). The number of methoxy groups -OCH3 is 1. The van der Waals surface area contributed by atoms with E-state index in [2.05, 4.69) is 36.5 Å². The van der Waals surface area contributed by atoms with E-state index < -0.39 is 28.7 Å². The lowest BCUT2D eigenvalue weighted by Gasteiger charge is -2.12. The molecule has 0 saturated carbocycles. The molecule has 2 aromatic heterocycles. The number of thiazole rings is 1. The average Bonchev–Trinajstić information content (AvgIpc) is 3.25. The van der Waals surface area contributed by atoms with Gasteiger partial charge in [0.25, 0.3) is 12.9 Å². The van der Waals surface area contributed by atoms with Crippen LogP contribution >= 0.6 is 27.3 Å². The van der Waals surface area contributed by atoms with Crippen molar-refractivity contribution in [3.8, 4) is 5.75 Å². The van der Waals surface area contributed by atoms with Crippen molar-refractivity contribution >= 4 is 38.6 Å². The molecular formula is C18H16BrF4N5OS. The fourth-order valence-electron chi connectivity index (χ4n) is 2.67. The minimum absolute atomic E-state index is 0.186. The molecule has 1 N–H and O–H groups in total. The van der Waals surface area contributed by atoms with E-state index >= 15 is 0 Å². The van der Waals surface area contributed by atoms with Crippen molar-refractivity contribution in [2.45, 2.75) is 26.3 Å². The highest BCUT2D eigenvalue weighted by Crippen LogP contribution is 2.35. The van der Waals surface area contributed by atoms with Crippen molar-refractivity contribution in [1.29, 1.82) is 0 Å². The molecule has 0 atom stereocenters. The zero-order chi connectivity index (χ0) is 21.8. The number of halogens is 5. The molecule has 0 bridgehead atoms. The second-order valence-electron chi connectivity index (χ2n) is 6.08. The Morgan fingerprint density at radius 3 is 2.67 bits per heavy atom. The molecule has 0 saturated heterocycles. The summed E-state index contributed by atoms with van der Waals surface area (Å²) in [5.41, 5.74) is 3.44. The first-order chi connectivity index (χ1) is 14.3. The van der Waals surface area contributed by atoms with Gasteiger partial charge in [0.2, 0.25) is 5.13 Å². The summed E-state index contributed by atoms with van der Waals surface area (Å²) in [6, 6.07) is 5.01. The second kappa shape index (κ2) is 9.56. The van der Waals surface area contributed by atoms with Crippen LogP contribution in [0.3, 0.4) is 0 Å². The quantitative estimate of drug-likeness (QED) is 0.239. The number of aryl methyl sites for hydroxylation is 1.